The molecule has 0 aliphatic heterocycles. The average Bonchev–Trinajstić information content (AvgIpc) is 1.50. The number of hydrogen-bond donors (Lipinski definition) is 0. The van der Waals surface area contributed by atoms with Crippen molar-refractivity contribution in [1.82, 2.24) is 0 Å². The van der Waals surface area contributed by atoms with Gasteiger partial charge in [-0.25, -0.2) is 0 Å². The van der Waals surface area contributed by atoms with Gasteiger partial charge < -0.3 is 44.6 Å². The third kappa shape index (κ3) is 247. The van der Waals surface area contributed by atoms with Gasteiger partial charge >= 0.3 is 0 Å². The maximum atomic E-state index is 2.00. The molecule has 0 saturated carbocycles. The molecular weight excluding hydrogens is 387 g/mol. The van der Waals surface area contributed by atoms with Gasteiger partial charge in [0.2, 0.25) is 0 Å². The zero-order valence-corrected chi connectivity index (χ0v) is 20.2. The molecule has 0 nitrogen and oxygen atoms in total. The third-order valence-corrected chi connectivity index (χ3v) is 0. The van der Waals surface area contributed by atoms with Crippen LogP contribution in [-0.2, 0) is 98.1 Å². The average molecular weight is 417 g/mol. The van der Waals surface area contributed by atoms with Crippen molar-refractivity contribution in [2.24, 2.45) is 0 Å². The Morgan fingerprint density at radius 2 is 0.308 bits per heavy atom. The van der Waals surface area contributed by atoms with Gasteiger partial charge in [0.15, 0.2) is 0 Å². The van der Waals surface area contributed by atoms with Crippen LogP contribution in [0.3, 0.4) is 0 Å². The first-order valence-corrected chi connectivity index (χ1v) is 2.00. The molecular formula is C10H30Y3-6. The van der Waals surface area contributed by atoms with E-state index in [1.165, 1.54) is 0 Å². The summed E-state index contributed by atoms with van der Waals surface area (Å²) in [4.78, 5) is 0. The van der Waals surface area contributed by atoms with Crippen molar-refractivity contribution in [1.29, 1.82) is 0 Å². The smallest absolute Gasteiger partial charge is 0 e. The molecule has 0 heterocycles. The van der Waals surface area contributed by atoms with Gasteiger partial charge in [0.05, 0.1) is 0 Å². The molecule has 3 radical (unpaired) electrons. The van der Waals surface area contributed by atoms with E-state index in [-0.39, 0.29) is 143 Å². The Balaban J connectivity index is -0.000000000404. The van der Waals surface area contributed by atoms with Crippen LogP contribution in [0, 0.1) is 44.6 Å². The molecule has 0 aromatic heterocycles. The minimum atomic E-state index is 0. The van der Waals surface area contributed by atoms with Crippen molar-refractivity contribution < 1.29 is 98.1 Å². The normalized spacial score (nSPS) is 0.923. The molecule has 85 valence electrons. The van der Waals surface area contributed by atoms with Gasteiger partial charge in [-0.1, -0.05) is 27.7 Å². The zero-order chi connectivity index (χ0) is 4.00. The Morgan fingerprint density at radius 3 is 0.308 bits per heavy atom. The SMILES string of the molecule is CC.CC.[CH3-].[CH3-].[CH3-].[CH3-].[CH3-].[CH3-].[Y].[Y].[Y]. The van der Waals surface area contributed by atoms with Crippen LogP contribution < -0.4 is 0 Å². The molecule has 0 bridgehead atoms. The molecule has 3 heteroatoms. The second kappa shape index (κ2) is 286. The molecule has 0 amide bonds. The summed E-state index contributed by atoms with van der Waals surface area (Å²) in [6, 6.07) is 0. The molecule has 0 N–H and O–H groups in total. The maximum Gasteiger partial charge on any atom is 0 e. The zero-order valence-electron chi connectivity index (χ0n) is 11.7. The fourth-order valence-corrected chi connectivity index (χ4v) is 0. The molecule has 0 aromatic carbocycles. The second-order valence-electron chi connectivity index (χ2n) is 0. The topological polar surface area (TPSA) is 0 Å². The van der Waals surface area contributed by atoms with Gasteiger partial charge in [-0.05, 0) is 0 Å². The van der Waals surface area contributed by atoms with Crippen LogP contribution in [0.25, 0.3) is 0 Å². The molecule has 0 atom stereocenters. The summed E-state index contributed by atoms with van der Waals surface area (Å²) in [6.07, 6.45) is 0. The van der Waals surface area contributed by atoms with Crippen molar-refractivity contribution in [2.45, 2.75) is 27.7 Å². The van der Waals surface area contributed by atoms with Crippen LogP contribution in [0.4, 0.5) is 0 Å². The van der Waals surface area contributed by atoms with Crippen LogP contribution in [0.5, 0.6) is 0 Å². The van der Waals surface area contributed by atoms with E-state index in [1.807, 2.05) is 27.7 Å². The van der Waals surface area contributed by atoms with E-state index in [1.54, 1.807) is 0 Å². The maximum absolute atomic E-state index is 2.00. The van der Waals surface area contributed by atoms with Gasteiger partial charge in [0.1, 0.15) is 0 Å². The van der Waals surface area contributed by atoms with Crippen LogP contribution in [-0.4, -0.2) is 0 Å². The van der Waals surface area contributed by atoms with E-state index in [2.05, 4.69) is 0 Å². The van der Waals surface area contributed by atoms with E-state index in [0.29, 0.717) is 0 Å². The van der Waals surface area contributed by atoms with Gasteiger partial charge in [0, 0.05) is 98.1 Å². The summed E-state index contributed by atoms with van der Waals surface area (Å²) < 4.78 is 0. The first-order chi connectivity index (χ1) is 2.00. The quantitative estimate of drug-likeness (QED) is 0.500. The Labute approximate surface area is 167 Å². The summed E-state index contributed by atoms with van der Waals surface area (Å²) in [5, 5.41) is 0. The number of rotatable bonds is 0. The summed E-state index contributed by atoms with van der Waals surface area (Å²) >= 11 is 0. The minimum absolute atomic E-state index is 0. The van der Waals surface area contributed by atoms with Crippen molar-refractivity contribution in [2.75, 3.05) is 0 Å². The molecule has 0 spiro atoms. The largest absolute Gasteiger partial charge is 0.358 e. The molecule has 0 unspecified atom stereocenters. The molecule has 13 heavy (non-hydrogen) atoms. The third-order valence-electron chi connectivity index (χ3n) is 0. The van der Waals surface area contributed by atoms with Gasteiger partial charge in [-0.15, -0.1) is 0 Å². The van der Waals surface area contributed by atoms with Gasteiger partial charge in [-0.2, -0.15) is 0 Å². The van der Waals surface area contributed by atoms with Gasteiger partial charge in [-0.3, -0.25) is 0 Å². The van der Waals surface area contributed by atoms with Crippen molar-refractivity contribution in [3.8, 4) is 0 Å². The summed E-state index contributed by atoms with van der Waals surface area (Å²) in [5.41, 5.74) is 0. The predicted octanol–water partition coefficient (Wildman–Crippen LogP) is 4.75. The van der Waals surface area contributed by atoms with E-state index < -0.39 is 0 Å². The molecule has 0 aromatic rings. The van der Waals surface area contributed by atoms with Crippen LogP contribution in [0.15, 0.2) is 0 Å². The van der Waals surface area contributed by atoms with E-state index in [0.717, 1.165) is 0 Å². The summed E-state index contributed by atoms with van der Waals surface area (Å²) in [7, 11) is 0. The van der Waals surface area contributed by atoms with Crippen LogP contribution in [0.2, 0.25) is 0 Å². The summed E-state index contributed by atoms with van der Waals surface area (Å²) in [6.45, 7) is 8.00. The molecule has 0 saturated heterocycles. The summed E-state index contributed by atoms with van der Waals surface area (Å²) in [5.74, 6) is 0. The first kappa shape index (κ1) is 136. The van der Waals surface area contributed by atoms with E-state index in [9.17, 15) is 0 Å². The Bertz CT molecular complexity index is 10.1. The molecule has 0 aliphatic carbocycles. The molecule has 0 rings (SSSR count). The fraction of sp³-hybridized carbons (Fsp3) is 0.400. The van der Waals surface area contributed by atoms with Crippen molar-refractivity contribution in [3.05, 3.63) is 44.6 Å². The predicted molar refractivity (Wildman–Crippen MR) is 61.2 cm³/mol. The van der Waals surface area contributed by atoms with Gasteiger partial charge in [0.25, 0.3) is 0 Å². The van der Waals surface area contributed by atoms with E-state index >= 15 is 0 Å². The standard InChI is InChI=1S/2C2H6.6CH3.3Y/c2*1-2;;;;;;;;;/h2*1-2H3;6*1H3;;;/q;;6*-1;;;. The first-order valence-electron chi connectivity index (χ1n) is 2.00. The molecule has 0 fully saturated rings. The second-order valence-corrected chi connectivity index (χ2v) is 0. The van der Waals surface area contributed by atoms with Crippen LogP contribution in [0.1, 0.15) is 27.7 Å². The van der Waals surface area contributed by atoms with Crippen molar-refractivity contribution >= 4 is 0 Å². The fourth-order valence-electron chi connectivity index (χ4n) is 0. The minimum Gasteiger partial charge on any atom is -0.358 e. The Morgan fingerprint density at radius 1 is 0.308 bits per heavy atom. The monoisotopic (exact) mass is 417 g/mol. The van der Waals surface area contributed by atoms with Crippen LogP contribution >= 0.6 is 0 Å². The Kier molecular flexibility index (Phi) is 2980. The Hall–Kier alpha value is 3.31. The van der Waals surface area contributed by atoms with E-state index in [4.69, 9.17) is 0 Å². The van der Waals surface area contributed by atoms with Crippen molar-refractivity contribution in [3.63, 3.8) is 0 Å². The number of hydrogen-bond acceptors (Lipinski definition) is 0. The molecule has 0 aliphatic rings.